The summed E-state index contributed by atoms with van der Waals surface area (Å²) in [6.45, 7) is 12.6. The molecule has 4 aromatic carbocycles. The highest BCUT2D eigenvalue weighted by molar-refractivity contribution is 7.57. The van der Waals surface area contributed by atoms with Crippen LogP contribution in [0.15, 0.2) is 108 Å². The third-order valence-electron chi connectivity index (χ3n) is 16.9. The molecule has 6 heterocycles. The van der Waals surface area contributed by atoms with E-state index in [1.165, 1.54) is 35.8 Å². The Morgan fingerprint density at radius 3 is 2.32 bits per heavy atom. The summed E-state index contributed by atoms with van der Waals surface area (Å²) < 4.78 is 52.4. The van der Waals surface area contributed by atoms with Crippen LogP contribution < -0.4 is 25.9 Å². The Morgan fingerprint density at radius 1 is 0.882 bits per heavy atom. The van der Waals surface area contributed by atoms with E-state index in [1.54, 1.807) is 46.8 Å². The van der Waals surface area contributed by atoms with Gasteiger partial charge in [0.25, 0.3) is 5.91 Å². The van der Waals surface area contributed by atoms with E-state index in [1.807, 2.05) is 81.1 Å². The van der Waals surface area contributed by atoms with Gasteiger partial charge in [0, 0.05) is 37.8 Å². The van der Waals surface area contributed by atoms with Crippen LogP contribution in [-0.2, 0) is 51.6 Å². The quantitative estimate of drug-likeness (QED) is 0.0392. The monoisotopic (exact) mass is 1200 g/mol. The Bertz CT molecular complexity index is 3560. The van der Waals surface area contributed by atoms with Crippen molar-refractivity contribution in [3.63, 3.8) is 0 Å². The molecule has 4 aliphatic rings. The molecule has 4 fully saturated rings. The van der Waals surface area contributed by atoms with E-state index in [-0.39, 0.29) is 77.0 Å². The molecule has 3 N–H and O–H groups in total. The summed E-state index contributed by atoms with van der Waals surface area (Å²) in [5.41, 5.74) is 2.20. The van der Waals surface area contributed by atoms with E-state index in [0.29, 0.717) is 66.7 Å². The number of likely N-dealkylation sites (tertiary alicyclic amines) is 2. The number of halogens is 1. The van der Waals surface area contributed by atoms with Crippen LogP contribution in [0.4, 0.5) is 4.39 Å². The highest BCUT2D eigenvalue weighted by Gasteiger charge is 2.49. The second-order valence-electron chi connectivity index (χ2n) is 24.1. The molecule has 0 radical (unpaired) electrons. The minimum absolute atomic E-state index is 0.00767. The van der Waals surface area contributed by atoms with Crippen molar-refractivity contribution in [2.45, 2.75) is 122 Å². The number of imidazole rings is 1. The number of aromatic nitrogens is 2. The van der Waals surface area contributed by atoms with Gasteiger partial charge in [-0.05, 0) is 140 Å². The lowest BCUT2D eigenvalue weighted by molar-refractivity contribution is -0.152. The molecule has 19 nitrogen and oxygen atoms in total. The number of carbonyl (C=O) groups is 6. The lowest BCUT2D eigenvalue weighted by atomic mass is 9.82. The van der Waals surface area contributed by atoms with Crippen molar-refractivity contribution in [3.8, 4) is 5.75 Å². The maximum Gasteiger partial charge on any atom is 0.355 e. The maximum absolute atomic E-state index is 16.9. The fraction of sp³-hybridized carbons (Fsp3) is 0.476. The van der Waals surface area contributed by atoms with Gasteiger partial charge in [-0.25, -0.2) is 14.3 Å². The highest BCUT2D eigenvalue weighted by Crippen LogP contribution is 2.58. The number of nitrogens with one attached hydrogen (secondary N) is 3. The number of amides is 5. The Balaban J connectivity index is 0.846. The predicted octanol–water partition coefficient (Wildman–Crippen LogP) is 8.97. The zero-order valence-corrected chi connectivity index (χ0v) is 50.7. The molecule has 4 aliphatic heterocycles. The number of rotatable bonds is 19. The van der Waals surface area contributed by atoms with Crippen LogP contribution in [0.25, 0.3) is 21.1 Å². The van der Waals surface area contributed by atoms with E-state index in [4.69, 9.17) is 14.0 Å². The molecule has 1 unspecified atom stereocenters. The lowest BCUT2D eigenvalue weighted by Crippen LogP contribution is -2.59. The molecule has 0 saturated carbocycles. The molecule has 0 bridgehead atoms. The van der Waals surface area contributed by atoms with E-state index in [2.05, 4.69) is 20.6 Å². The third kappa shape index (κ3) is 13.5. The summed E-state index contributed by atoms with van der Waals surface area (Å²) in [4.78, 5) is 102. The molecular weight excluding hydrogens is 1130 g/mol. The number of nitrogens with zero attached hydrogens (tertiary/aromatic N) is 5. The molecule has 22 heteroatoms. The van der Waals surface area contributed by atoms with Gasteiger partial charge in [0.1, 0.15) is 36.0 Å². The number of aryl methyl sites for hydroxylation is 1. The number of thiophene rings is 1. The fourth-order valence-electron chi connectivity index (χ4n) is 12.4. The molecule has 10 rings (SSSR count). The number of carbonyl (C=O) groups excluding carboxylic acids is 6. The molecule has 452 valence electrons. The smallest absolute Gasteiger partial charge is 0.355 e. The van der Waals surface area contributed by atoms with Crippen molar-refractivity contribution in [1.82, 2.24) is 39.6 Å². The molecule has 85 heavy (non-hydrogen) atoms. The lowest BCUT2D eigenvalue weighted by Gasteiger charge is -2.40. The van der Waals surface area contributed by atoms with Gasteiger partial charge in [-0.3, -0.25) is 52.7 Å². The minimum atomic E-state index is -4.52. The van der Waals surface area contributed by atoms with E-state index in [0.717, 1.165) is 54.8 Å². The van der Waals surface area contributed by atoms with Gasteiger partial charge in [-0.2, -0.15) is 0 Å². The Hall–Kier alpha value is -7.03. The van der Waals surface area contributed by atoms with Gasteiger partial charge in [0.15, 0.2) is 0 Å². The van der Waals surface area contributed by atoms with Gasteiger partial charge in [-0.15, -0.1) is 11.3 Å². The summed E-state index contributed by atoms with van der Waals surface area (Å²) in [6, 6.07) is 26.2. The number of hydrogen-bond donors (Lipinski definition) is 3. The number of morpholine rings is 1. The first-order valence-electron chi connectivity index (χ1n) is 29.5. The van der Waals surface area contributed by atoms with E-state index < -0.39 is 60.8 Å². The van der Waals surface area contributed by atoms with Crippen molar-refractivity contribution in [2.75, 3.05) is 45.9 Å². The molecule has 5 amide bonds. The van der Waals surface area contributed by atoms with Gasteiger partial charge < -0.3 is 29.1 Å². The minimum Gasteiger partial charge on any atom is -0.465 e. The average Bonchev–Trinajstić information content (AvgIpc) is 3.75. The van der Waals surface area contributed by atoms with Crippen molar-refractivity contribution in [2.24, 2.45) is 24.3 Å². The van der Waals surface area contributed by atoms with E-state index >= 15 is 14.0 Å². The SMILES string of the molecule is CCCOC(=O)[C@H](C)N[P@](=O)(Oc1ccccc1)[C@@H](F)c1ccc2sc(C(=O)N[C@H](C(=O)N3CC[C@@H](CC4CCN(Cc5ccc6c(c5)n(C)c(=O)n6C5CCC(=O)NC5=O)CC4)[C@H]3C(=O)N3CCO[C@H](c4ccccc4)C3)C(C)(C)C)cc2c1. The van der Waals surface area contributed by atoms with Crippen LogP contribution >= 0.6 is 18.9 Å². The standard InChI is InChI=1S/C63H76FN8O11PS/c1-7-31-82-61(78)39(2)67-84(80,83-46-16-12-9-13-17-46)56(64)44-19-22-51-45(35-44)36-52(85-51)58(75)66-55(63(3,4)5)60(77)71-29-26-43(54(71)59(76)70-30-32-81-50(38-70)42-14-10-8-11-15-42)33-40-24-27-69(28-25-40)37-41-18-20-47-49(34-41)68(6)62(79)72(47)48-21-23-53(73)65-57(48)74/h8-20,22,34-36,39-40,43,48,50,54-56H,7,21,23-33,37-38H2,1-6H3,(H,66,75)(H,67,80)(H,65,73,74)/t39-,43-,48?,50-,54-,55+,56+,84+/m0/s1. The molecule has 8 atom stereocenters. The topological polar surface area (TPSA) is 220 Å². The average molecular weight is 1200 g/mol. The van der Waals surface area contributed by atoms with Gasteiger partial charge in [-0.1, -0.05) is 88.4 Å². The highest BCUT2D eigenvalue weighted by atomic mass is 32.1. The first kappa shape index (κ1) is 61.1. The summed E-state index contributed by atoms with van der Waals surface area (Å²) in [5, 5.41) is 8.53. The fourth-order valence-corrected chi connectivity index (χ4v) is 15.2. The molecule has 0 aliphatic carbocycles. The normalized spacial score (nSPS) is 21.7. The van der Waals surface area contributed by atoms with Crippen LogP contribution in [0.2, 0.25) is 0 Å². The zero-order valence-electron chi connectivity index (χ0n) is 49.0. The number of ether oxygens (including phenoxy) is 2. The predicted molar refractivity (Wildman–Crippen MR) is 321 cm³/mol. The van der Waals surface area contributed by atoms with Gasteiger partial charge in [0.05, 0.1) is 35.7 Å². The van der Waals surface area contributed by atoms with Gasteiger partial charge in [0.2, 0.25) is 29.5 Å². The second-order valence-corrected chi connectivity index (χ2v) is 27.2. The Kier molecular flexibility index (Phi) is 18.6. The number of benzene rings is 4. The van der Waals surface area contributed by atoms with Gasteiger partial charge >= 0.3 is 19.2 Å². The largest absolute Gasteiger partial charge is 0.465 e. The summed E-state index contributed by atoms with van der Waals surface area (Å²) >= 11 is 1.16. The van der Waals surface area contributed by atoms with Crippen LogP contribution in [0.1, 0.15) is 124 Å². The zero-order chi connectivity index (χ0) is 60.3. The summed E-state index contributed by atoms with van der Waals surface area (Å²) in [5.74, 6) is -4.53. The number of imide groups is 1. The molecular formula is C63H76FN8O11PS. The summed E-state index contributed by atoms with van der Waals surface area (Å²) in [7, 11) is -2.83. The number of esters is 1. The Morgan fingerprint density at radius 2 is 1.61 bits per heavy atom. The first-order chi connectivity index (χ1) is 40.7. The van der Waals surface area contributed by atoms with Crippen molar-refractivity contribution >= 4 is 75.5 Å². The number of alkyl halides is 1. The number of fused-ring (bicyclic) bond motifs is 2. The molecule has 6 aromatic rings. The van der Waals surface area contributed by atoms with Crippen LogP contribution in [-0.4, -0.2) is 123 Å². The summed E-state index contributed by atoms with van der Waals surface area (Å²) in [6.07, 6.45) is 3.73. The van der Waals surface area contributed by atoms with E-state index in [9.17, 15) is 28.5 Å². The third-order valence-corrected chi connectivity index (χ3v) is 20.2. The number of para-hydroxylation sites is 1. The molecule has 0 spiro atoms. The Labute approximate surface area is 498 Å². The maximum atomic E-state index is 16.9. The van der Waals surface area contributed by atoms with Crippen LogP contribution in [0, 0.1) is 17.3 Å². The van der Waals surface area contributed by atoms with Crippen LogP contribution in [0.5, 0.6) is 5.75 Å². The first-order valence-corrected chi connectivity index (χ1v) is 32.0. The van der Waals surface area contributed by atoms with Crippen molar-refractivity contribution < 1.29 is 51.7 Å². The van der Waals surface area contributed by atoms with Crippen LogP contribution in [0.3, 0.4) is 0 Å². The van der Waals surface area contributed by atoms with Crippen molar-refractivity contribution in [1.29, 1.82) is 0 Å². The molecule has 2 aromatic heterocycles. The number of hydrogen-bond acceptors (Lipinski definition) is 13. The second kappa shape index (κ2) is 25.9. The number of piperidine rings is 2. The molecule has 4 saturated heterocycles. The van der Waals surface area contributed by atoms with Crippen molar-refractivity contribution in [3.05, 3.63) is 135 Å².